The number of amides is 2. The molecule has 0 aliphatic rings. The van der Waals surface area contributed by atoms with Gasteiger partial charge in [0.05, 0.1) is 23.2 Å². The van der Waals surface area contributed by atoms with Gasteiger partial charge in [0.2, 0.25) is 0 Å². The number of hydrogen-bond donors (Lipinski definition) is 2. The highest BCUT2D eigenvalue weighted by molar-refractivity contribution is 7.17. The summed E-state index contributed by atoms with van der Waals surface area (Å²) in [5.74, 6) is -1.03. The van der Waals surface area contributed by atoms with Gasteiger partial charge in [-0.15, -0.1) is 11.3 Å². The van der Waals surface area contributed by atoms with E-state index in [-0.39, 0.29) is 11.6 Å². The molecule has 4 aromatic rings. The summed E-state index contributed by atoms with van der Waals surface area (Å²) < 4.78 is 19.3. The predicted octanol–water partition coefficient (Wildman–Crippen LogP) is 5.73. The maximum absolute atomic E-state index is 14.2. The maximum atomic E-state index is 14.2. The third kappa shape index (κ3) is 4.03. The second-order valence-electron chi connectivity index (χ2n) is 6.44. The minimum Gasteiger partial charge on any atom is -0.469 e. The number of nitrogens with zero attached hydrogens (tertiary/aromatic N) is 1. The van der Waals surface area contributed by atoms with E-state index < -0.39 is 11.7 Å². The summed E-state index contributed by atoms with van der Waals surface area (Å²) in [5.41, 5.74) is 2.20. The van der Waals surface area contributed by atoms with E-state index in [1.807, 2.05) is 16.8 Å². The van der Waals surface area contributed by atoms with E-state index in [0.29, 0.717) is 27.6 Å². The summed E-state index contributed by atoms with van der Waals surface area (Å²) in [6.07, 6.45) is 1.39. The van der Waals surface area contributed by atoms with E-state index in [0.717, 1.165) is 10.6 Å². The number of carbonyl (C=O) groups excluding carboxylic acids is 2. The van der Waals surface area contributed by atoms with Gasteiger partial charge >= 0.3 is 0 Å². The van der Waals surface area contributed by atoms with Gasteiger partial charge in [-0.05, 0) is 49.6 Å². The lowest BCUT2D eigenvalue weighted by Gasteiger charge is -2.09. The minimum atomic E-state index is -0.615. The third-order valence-corrected chi connectivity index (χ3v) is 6.24. The highest BCUT2D eigenvalue weighted by Crippen LogP contribution is 2.30. The van der Waals surface area contributed by atoms with Gasteiger partial charge in [-0.3, -0.25) is 9.59 Å². The molecule has 0 aliphatic carbocycles. The van der Waals surface area contributed by atoms with E-state index in [4.69, 9.17) is 4.42 Å². The molecule has 0 radical (unpaired) electrons. The van der Waals surface area contributed by atoms with Gasteiger partial charge in [-0.25, -0.2) is 9.37 Å². The van der Waals surface area contributed by atoms with E-state index in [9.17, 15) is 14.0 Å². The molecule has 0 unspecified atom stereocenters. The first-order valence-corrected chi connectivity index (χ1v) is 10.6. The van der Waals surface area contributed by atoms with E-state index in [2.05, 4.69) is 15.6 Å². The number of furan rings is 1. The van der Waals surface area contributed by atoms with Crippen molar-refractivity contribution >= 4 is 45.9 Å². The number of aryl methyl sites for hydroxylation is 2. The molecule has 2 N–H and O–H groups in total. The molecule has 152 valence electrons. The third-order valence-electron chi connectivity index (χ3n) is 4.35. The fourth-order valence-electron chi connectivity index (χ4n) is 2.81. The Bertz CT molecular complexity index is 1230. The number of nitrogens with one attached hydrogen (secondary N) is 2. The number of anilines is 2. The van der Waals surface area contributed by atoms with Crippen molar-refractivity contribution in [1.82, 2.24) is 4.98 Å². The van der Waals surface area contributed by atoms with Crippen molar-refractivity contribution in [2.45, 2.75) is 13.8 Å². The van der Waals surface area contributed by atoms with Crippen LogP contribution in [0.1, 0.15) is 31.5 Å². The number of aromatic nitrogens is 1. The lowest BCUT2D eigenvalue weighted by atomic mass is 10.2. The second kappa shape index (κ2) is 8.21. The summed E-state index contributed by atoms with van der Waals surface area (Å²) in [5, 5.41) is 9.93. The summed E-state index contributed by atoms with van der Waals surface area (Å²) in [6.45, 7) is 3.41. The van der Waals surface area contributed by atoms with Gasteiger partial charge < -0.3 is 15.1 Å². The van der Waals surface area contributed by atoms with Crippen LogP contribution >= 0.6 is 22.7 Å². The fourth-order valence-corrected chi connectivity index (χ4v) is 4.49. The Morgan fingerprint density at radius 3 is 2.63 bits per heavy atom. The zero-order valence-corrected chi connectivity index (χ0v) is 17.6. The summed E-state index contributed by atoms with van der Waals surface area (Å²) in [6, 6.07) is 7.44. The molecular weight excluding hydrogens is 425 g/mol. The molecule has 0 fully saturated rings. The summed E-state index contributed by atoms with van der Waals surface area (Å²) >= 11 is 2.85. The van der Waals surface area contributed by atoms with Crippen LogP contribution in [-0.2, 0) is 0 Å². The van der Waals surface area contributed by atoms with Crippen molar-refractivity contribution < 1.29 is 18.4 Å². The zero-order chi connectivity index (χ0) is 21.3. The van der Waals surface area contributed by atoms with Crippen LogP contribution in [0.5, 0.6) is 0 Å². The fraction of sp³-hybridized carbons (Fsp3) is 0.0952. The first-order valence-electron chi connectivity index (χ1n) is 8.88. The number of thiazole rings is 1. The molecule has 0 spiro atoms. The first-order chi connectivity index (χ1) is 14.4. The molecule has 9 heteroatoms. The molecule has 6 nitrogen and oxygen atoms in total. The van der Waals surface area contributed by atoms with E-state index >= 15 is 0 Å². The Labute approximate surface area is 179 Å². The van der Waals surface area contributed by atoms with Gasteiger partial charge in [-0.1, -0.05) is 0 Å². The molecule has 4 rings (SSSR count). The van der Waals surface area contributed by atoms with Crippen LogP contribution in [0.4, 0.5) is 15.8 Å². The lowest BCUT2D eigenvalue weighted by Crippen LogP contribution is -2.15. The number of benzene rings is 1. The predicted molar refractivity (Wildman–Crippen MR) is 116 cm³/mol. The second-order valence-corrected chi connectivity index (χ2v) is 8.22. The van der Waals surface area contributed by atoms with Gasteiger partial charge in [0.1, 0.15) is 21.5 Å². The SMILES string of the molecule is Cc1nc(-c2ccsc2)sc1C(=O)Nc1ccc(F)c(NC(=O)c2ccoc2C)c1. The number of rotatable bonds is 5. The maximum Gasteiger partial charge on any atom is 0.267 e. The Morgan fingerprint density at radius 2 is 1.93 bits per heavy atom. The number of halogens is 1. The van der Waals surface area contributed by atoms with Crippen molar-refractivity contribution in [3.63, 3.8) is 0 Å². The number of hydrogen-bond acceptors (Lipinski definition) is 6. The molecule has 0 bridgehead atoms. The first kappa shape index (κ1) is 20.0. The normalized spacial score (nSPS) is 10.8. The molecule has 2 amide bonds. The average Bonchev–Trinajstić information content (AvgIpc) is 3.45. The van der Waals surface area contributed by atoms with Gasteiger partial charge in [0, 0.05) is 16.6 Å². The Morgan fingerprint density at radius 1 is 1.10 bits per heavy atom. The van der Waals surface area contributed by atoms with Crippen LogP contribution in [-0.4, -0.2) is 16.8 Å². The monoisotopic (exact) mass is 441 g/mol. The average molecular weight is 442 g/mol. The Kier molecular flexibility index (Phi) is 5.47. The van der Waals surface area contributed by atoms with Gasteiger partial charge in [0.25, 0.3) is 11.8 Å². The molecule has 0 saturated carbocycles. The molecule has 0 saturated heterocycles. The van der Waals surface area contributed by atoms with Crippen LogP contribution in [0.15, 0.2) is 51.8 Å². The molecule has 30 heavy (non-hydrogen) atoms. The Balaban J connectivity index is 1.53. The van der Waals surface area contributed by atoms with Crippen molar-refractivity contribution in [2.24, 2.45) is 0 Å². The topological polar surface area (TPSA) is 84.2 Å². The zero-order valence-electron chi connectivity index (χ0n) is 16.0. The largest absolute Gasteiger partial charge is 0.469 e. The highest BCUT2D eigenvalue weighted by Gasteiger charge is 2.18. The van der Waals surface area contributed by atoms with Crippen molar-refractivity contribution in [3.05, 3.63) is 75.1 Å². The molecular formula is C21H16FN3O3S2. The molecule has 1 aromatic carbocycles. The van der Waals surface area contributed by atoms with Crippen LogP contribution in [0.3, 0.4) is 0 Å². The van der Waals surface area contributed by atoms with Crippen molar-refractivity contribution in [1.29, 1.82) is 0 Å². The Hall–Kier alpha value is -3.30. The molecule has 3 heterocycles. The number of carbonyl (C=O) groups is 2. The van der Waals surface area contributed by atoms with E-state index in [1.54, 1.807) is 25.2 Å². The summed E-state index contributed by atoms with van der Waals surface area (Å²) in [4.78, 5) is 30.0. The van der Waals surface area contributed by atoms with Crippen LogP contribution in [0.2, 0.25) is 0 Å². The van der Waals surface area contributed by atoms with Crippen LogP contribution in [0, 0.1) is 19.7 Å². The highest BCUT2D eigenvalue weighted by atomic mass is 32.1. The minimum absolute atomic E-state index is 0.0432. The van der Waals surface area contributed by atoms with Gasteiger partial charge in [0.15, 0.2) is 0 Å². The van der Waals surface area contributed by atoms with Crippen molar-refractivity contribution in [3.8, 4) is 10.6 Å². The van der Waals surface area contributed by atoms with Crippen molar-refractivity contribution in [2.75, 3.05) is 10.6 Å². The van der Waals surface area contributed by atoms with Crippen LogP contribution < -0.4 is 10.6 Å². The lowest BCUT2D eigenvalue weighted by molar-refractivity contribution is 0.101. The van der Waals surface area contributed by atoms with Crippen LogP contribution in [0.25, 0.3) is 10.6 Å². The smallest absolute Gasteiger partial charge is 0.267 e. The van der Waals surface area contributed by atoms with Gasteiger partial charge in [-0.2, -0.15) is 11.3 Å². The number of thiophene rings is 1. The molecule has 0 aliphatic heterocycles. The quantitative estimate of drug-likeness (QED) is 0.415. The van der Waals surface area contributed by atoms with E-state index in [1.165, 1.54) is 41.9 Å². The molecule has 0 atom stereocenters. The summed E-state index contributed by atoms with van der Waals surface area (Å²) in [7, 11) is 0. The standard InChI is InChI=1S/C21H16FN3O3S2/c1-11-18(30-21(23-11)13-6-8-29-10-13)20(27)24-14-3-4-16(22)17(9-14)25-19(26)15-5-7-28-12(15)2/h3-10H,1-2H3,(H,24,27)(H,25,26). The molecule has 3 aromatic heterocycles.